The van der Waals surface area contributed by atoms with Crippen molar-refractivity contribution < 1.29 is 0 Å². The molecular formula is C20H35N5S. The van der Waals surface area contributed by atoms with Gasteiger partial charge in [0.15, 0.2) is 5.96 Å². The van der Waals surface area contributed by atoms with Gasteiger partial charge in [0.05, 0.1) is 6.54 Å². The van der Waals surface area contributed by atoms with E-state index in [0.29, 0.717) is 6.54 Å². The van der Waals surface area contributed by atoms with Crippen LogP contribution in [0.3, 0.4) is 0 Å². The van der Waals surface area contributed by atoms with Crippen LogP contribution in [-0.4, -0.2) is 49.1 Å². The van der Waals surface area contributed by atoms with Gasteiger partial charge in [-0.3, -0.25) is 0 Å². The maximum atomic E-state index is 4.69. The molecular weight excluding hydrogens is 342 g/mol. The van der Waals surface area contributed by atoms with Crippen molar-refractivity contribution in [3.05, 3.63) is 23.9 Å². The van der Waals surface area contributed by atoms with Gasteiger partial charge >= 0.3 is 0 Å². The molecule has 2 N–H and O–H groups in total. The molecule has 0 bridgehead atoms. The minimum atomic E-state index is 0.660. The first kappa shape index (κ1) is 20.9. The molecule has 1 aromatic rings. The lowest BCUT2D eigenvalue weighted by Crippen LogP contribution is -2.37. The number of nitrogens with one attached hydrogen (secondary N) is 2. The molecule has 0 aromatic carbocycles. The predicted octanol–water partition coefficient (Wildman–Crippen LogP) is 3.66. The molecule has 0 atom stereocenters. The number of rotatable bonds is 9. The topological polar surface area (TPSA) is 52.6 Å². The summed E-state index contributed by atoms with van der Waals surface area (Å²) in [6.07, 6.45) is 11.8. The van der Waals surface area contributed by atoms with Gasteiger partial charge < -0.3 is 15.5 Å². The second-order valence-corrected chi connectivity index (χ2v) is 7.73. The normalized spacial score (nSPS) is 15.6. The molecule has 1 saturated heterocycles. The van der Waals surface area contributed by atoms with Gasteiger partial charge in [-0.25, -0.2) is 9.98 Å². The number of unbranched alkanes of at least 4 members (excludes halogenated alkanes) is 1. The summed E-state index contributed by atoms with van der Waals surface area (Å²) in [5.74, 6) is 3.23. The zero-order chi connectivity index (χ0) is 18.5. The van der Waals surface area contributed by atoms with Crippen LogP contribution < -0.4 is 15.5 Å². The fraction of sp³-hybridized carbons (Fsp3) is 0.700. The van der Waals surface area contributed by atoms with Crippen LogP contribution in [0.2, 0.25) is 0 Å². The van der Waals surface area contributed by atoms with E-state index in [1.807, 2.05) is 18.0 Å². The maximum absolute atomic E-state index is 4.69. The third kappa shape index (κ3) is 7.85. The van der Waals surface area contributed by atoms with Crippen molar-refractivity contribution >= 4 is 23.5 Å². The minimum Gasteiger partial charge on any atom is -0.357 e. The van der Waals surface area contributed by atoms with Crippen molar-refractivity contribution in [3.8, 4) is 0 Å². The molecule has 0 amide bonds. The number of thioether (sulfide) groups is 1. The Morgan fingerprint density at radius 3 is 2.62 bits per heavy atom. The van der Waals surface area contributed by atoms with E-state index in [-0.39, 0.29) is 0 Å². The van der Waals surface area contributed by atoms with Gasteiger partial charge in [-0.1, -0.05) is 18.9 Å². The molecule has 0 aliphatic carbocycles. The molecule has 1 aliphatic heterocycles. The van der Waals surface area contributed by atoms with Crippen LogP contribution in [0, 0.1) is 0 Å². The first-order valence-electron chi connectivity index (χ1n) is 10.0. The largest absolute Gasteiger partial charge is 0.357 e. The van der Waals surface area contributed by atoms with E-state index < -0.39 is 0 Å². The molecule has 146 valence electrons. The summed E-state index contributed by atoms with van der Waals surface area (Å²) >= 11 is 1.91. The van der Waals surface area contributed by atoms with Crippen molar-refractivity contribution in [1.29, 1.82) is 0 Å². The van der Waals surface area contributed by atoms with E-state index in [9.17, 15) is 0 Å². The van der Waals surface area contributed by atoms with E-state index in [4.69, 9.17) is 4.99 Å². The first-order chi connectivity index (χ1) is 12.8. The van der Waals surface area contributed by atoms with Crippen LogP contribution in [0.25, 0.3) is 0 Å². The SMILES string of the molecule is CCNC(=NCc1ccc(N2CCCCCC2)nc1)NCCCCSC. The molecule has 2 rings (SSSR count). The lowest BCUT2D eigenvalue weighted by Gasteiger charge is -2.21. The van der Waals surface area contributed by atoms with Gasteiger partial charge in [0.2, 0.25) is 0 Å². The standard InChI is InChI=1S/C20H35N5S/c1-3-21-20(22-12-6-9-15-26-2)24-17-18-10-11-19(23-16-18)25-13-7-4-5-8-14-25/h10-11,16H,3-9,12-15,17H2,1-2H3,(H2,21,22,24). The first-order valence-corrected chi connectivity index (χ1v) is 11.4. The zero-order valence-electron chi connectivity index (χ0n) is 16.5. The molecule has 2 heterocycles. The second-order valence-electron chi connectivity index (χ2n) is 6.75. The summed E-state index contributed by atoms with van der Waals surface area (Å²) in [7, 11) is 0. The third-order valence-corrected chi connectivity index (χ3v) is 5.27. The van der Waals surface area contributed by atoms with Gasteiger partial charge in [-0.05, 0) is 56.2 Å². The Kier molecular flexibility index (Phi) is 10.3. The number of aromatic nitrogens is 1. The average Bonchev–Trinajstić information content (AvgIpc) is 2.96. The predicted molar refractivity (Wildman–Crippen MR) is 115 cm³/mol. The summed E-state index contributed by atoms with van der Waals surface area (Å²) in [6.45, 7) is 6.88. The van der Waals surface area contributed by atoms with Crippen molar-refractivity contribution in [2.45, 2.75) is 52.0 Å². The highest BCUT2D eigenvalue weighted by Crippen LogP contribution is 2.17. The number of hydrogen-bond acceptors (Lipinski definition) is 4. The van der Waals surface area contributed by atoms with Gasteiger partial charge in [0.1, 0.15) is 5.82 Å². The Morgan fingerprint density at radius 1 is 1.15 bits per heavy atom. The van der Waals surface area contributed by atoms with Gasteiger partial charge in [-0.15, -0.1) is 0 Å². The molecule has 1 fully saturated rings. The quantitative estimate of drug-likeness (QED) is 0.391. The van der Waals surface area contributed by atoms with E-state index in [2.05, 4.69) is 45.8 Å². The van der Waals surface area contributed by atoms with E-state index in [0.717, 1.165) is 43.5 Å². The summed E-state index contributed by atoms with van der Waals surface area (Å²) in [5.41, 5.74) is 1.16. The molecule has 0 radical (unpaired) electrons. The van der Waals surface area contributed by atoms with Crippen LogP contribution in [0.1, 0.15) is 51.0 Å². The molecule has 0 spiro atoms. The van der Waals surface area contributed by atoms with Gasteiger partial charge in [0, 0.05) is 32.4 Å². The number of aliphatic imine (C=N–C) groups is 1. The lowest BCUT2D eigenvalue weighted by atomic mass is 10.2. The molecule has 1 aliphatic rings. The van der Waals surface area contributed by atoms with Crippen molar-refractivity contribution in [2.75, 3.05) is 43.1 Å². The summed E-state index contributed by atoms with van der Waals surface area (Å²) in [6, 6.07) is 4.32. The summed E-state index contributed by atoms with van der Waals surface area (Å²) < 4.78 is 0. The van der Waals surface area contributed by atoms with E-state index >= 15 is 0 Å². The third-order valence-electron chi connectivity index (χ3n) is 4.57. The Morgan fingerprint density at radius 2 is 1.96 bits per heavy atom. The molecule has 0 unspecified atom stereocenters. The van der Waals surface area contributed by atoms with Crippen molar-refractivity contribution in [3.63, 3.8) is 0 Å². The van der Waals surface area contributed by atoms with Crippen LogP contribution in [0.5, 0.6) is 0 Å². The van der Waals surface area contributed by atoms with Gasteiger partial charge in [-0.2, -0.15) is 11.8 Å². The second kappa shape index (κ2) is 12.8. The van der Waals surface area contributed by atoms with Crippen LogP contribution >= 0.6 is 11.8 Å². The Labute approximate surface area is 163 Å². The number of anilines is 1. The van der Waals surface area contributed by atoms with Gasteiger partial charge in [0.25, 0.3) is 0 Å². The molecule has 0 saturated carbocycles. The molecule has 1 aromatic heterocycles. The number of hydrogen-bond donors (Lipinski definition) is 2. The molecule has 26 heavy (non-hydrogen) atoms. The molecule has 5 nitrogen and oxygen atoms in total. The van der Waals surface area contributed by atoms with Crippen LogP contribution in [0.4, 0.5) is 5.82 Å². The Bertz CT molecular complexity index is 509. The number of guanidine groups is 1. The number of nitrogens with zero attached hydrogens (tertiary/aromatic N) is 3. The molecule has 6 heteroatoms. The van der Waals surface area contributed by atoms with E-state index in [1.165, 1.54) is 44.3 Å². The highest BCUT2D eigenvalue weighted by molar-refractivity contribution is 7.98. The van der Waals surface area contributed by atoms with E-state index in [1.54, 1.807) is 0 Å². The van der Waals surface area contributed by atoms with Crippen molar-refractivity contribution in [1.82, 2.24) is 15.6 Å². The van der Waals surface area contributed by atoms with Crippen LogP contribution in [0.15, 0.2) is 23.3 Å². The highest BCUT2D eigenvalue weighted by Gasteiger charge is 2.10. The Balaban J connectivity index is 1.83. The fourth-order valence-corrected chi connectivity index (χ4v) is 3.58. The average molecular weight is 378 g/mol. The minimum absolute atomic E-state index is 0.660. The highest BCUT2D eigenvalue weighted by atomic mass is 32.2. The lowest BCUT2D eigenvalue weighted by molar-refractivity contribution is 0.726. The number of pyridine rings is 1. The monoisotopic (exact) mass is 377 g/mol. The summed E-state index contributed by atoms with van der Waals surface area (Å²) in [4.78, 5) is 11.8. The summed E-state index contributed by atoms with van der Waals surface area (Å²) in [5, 5.41) is 6.74. The van der Waals surface area contributed by atoms with Crippen LogP contribution in [-0.2, 0) is 6.54 Å². The Hall–Kier alpha value is -1.43. The maximum Gasteiger partial charge on any atom is 0.191 e. The zero-order valence-corrected chi connectivity index (χ0v) is 17.3. The fourth-order valence-electron chi connectivity index (χ4n) is 3.09. The van der Waals surface area contributed by atoms with Crippen molar-refractivity contribution in [2.24, 2.45) is 4.99 Å². The smallest absolute Gasteiger partial charge is 0.191 e.